The molecule has 0 aliphatic carbocycles. The Morgan fingerprint density at radius 1 is 0.605 bits per heavy atom. The molecule has 0 fully saturated rings. The molecule has 2 heteroatoms. The number of nitrogens with zero attached hydrogens (tertiary/aromatic N) is 2. The van der Waals surface area contributed by atoms with Crippen LogP contribution in [0.5, 0.6) is 0 Å². The molecule has 0 saturated carbocycles. The van der Waals surface area contributed by atoms with Crippen LogP contribution in [0.15, 0.2) is 151 Å². The second-order valence-corrected chi connectivity index (χ2v) is 10.1. The summed E-state index contributed by atoms with van der Waals surface area (Å²) in [7, 11) is 0. The van der Waals surface area contributed by atoms with Gasteiger partial charge in [0.1, 0.15) is 5.82 Å². The molecule has 0 atom stereocenters. The van der Waals surface area contributed by atoms with Gasteiger partial charge in [0, 0.05) is 18.9 Å². The standard InChI is InChI=1S/C41H30N2/c1-2-39-42-37-24-10-11-25-38(37)43(39)32-19-13-17-30(27-32)29-16-12-18-31(26-29)41-35-22-8-6-20-33(35)40(28-14-4-3-5-15-28)34-21-7-9-23-36(34)41/h3-27H,2H2,1H3/i1D3,2D2,6D,7D,8D,9D,20D,21D,22D,23D. The van der Waals surface area contributed by atoms with Crippen molar-refractivity contribution < 1.29 is 17.8 Å². The molecule has 0 aliphatic heterocycles. The van der Waals surface area contributed by atoms with Gasteiger partial charge in [-0.2, -0.15) is 0 Å². The maximum atomic E-state index is 9.21. The second-order valence-electron chi connectivity index (χ2n) is 10.1. The molecule has 0 amide bonds. The van der Waals surface area contributed by atoms with Gasteiger partial charge in [-0.05, 0) is 85.3 Å². The highest BCUT2D eigenvalue weighted by Gasteiger charge is 2.17. The van der Waals surface area contributed by atoms with Crippen LogP contribution in [0.25, 0.3) is 71.6 Å². The predicted molar refractivity (Wildman–Crippen MR) is 182 cm³/mol. The third-order valence-electron chi connectivity index (χ3n) is 7.70. The van der Waals surface area contributed by atoms with Crippen molar-refractivity contribution in [1.29, 1.82) is 0 Å². The van der Waals surface area contributed by atoms with E-state index in [0.717, 1.165) is 0 Å². The highest BCUT2D eigenvalue weighted by Crippen LogP contribution is 2.44. The first-order valence-corrected chi connectivity index (χ1v) is 13.7. The van der Waals surface area contributed by atoms with Gasteiger partial charge in [-0.3, -0.25) is 4.57 Å². The van der Waals surface area contributed by atoms with Gasteiger partial charge in [-0.1, -0.05) is 128 Å². The fourth-order valence-electron chi connectivity index (χ4n) is 5.86. The van der Waals surface area contributed by atoms with Gasteiger partial charge >= 0.3 is 0 Å². The van der Waals surface area contributed by atoms with Crippen molar-refractivity contribution in [2.45, 2.75) is 13.2 Å². The molecule has 8 aromatic rings. The molecular weight excluding hydrogens is 520 g/mol. The van der Waals surface area contributed by atoms with E-state index in [1.54, 1.807) is 91.0 Å². The van der Waals surface area contributed by atoms with Crippen LogP contribution in [0.3, 0.4) is 0 Å². The molecule has 0 saturated heterocycles. The van der Waals surface area contributed by atoms with Crippen molar-refractivity contribution in [3.63, 3.8) is 0 Å². The number of imidazole rings is 1. The van der Waals surface area contributed by atoms with Crippen LogP contribution in [-0.4, -0.2) is 9.55 Å². The molecule has 43 heavy (non-hydrogen) atoms. The molecule has 2 nitrogen and oxygen atoms in total. The van der Waals surface area contributed by atoms with Crippen molar-refractivity contribution in [1.82, 2.24) is 9.55 Å². The minimum Gasteiger partial charge on any atom is -0.296 e. The second kappa shape index (κ2) is 10.4. The molecular formula is C41H30N2. The van der Waals surface area contributed by atoms with E-state index in [0.29, 0.717) is 39.0 Å². The van der Waals surface area contributed by atoms with Crippen LogP contribution >= 0.6 is 0 Å². The van der Waals surface area contributed by atoms with Crippen LogP contribution in [0.1, 0.15) is 30.5 Å². The molecule has 0 aliphatic rings. The summed E-state index contributed by atoms with van der Waals surface area (Å²) in [6.45, 7) is -3.02. The molecule has 204 valence electrons. The number of rotatable bonds is 5. The summed E-state index contributed by atoms with van der Waals surface area (Å²) in [4.78, 5) is 4.43. The smallest absolute Gasteiger partial charge is 0.114 e. The van der Waals surface area contributed by atoms with Gasteiger partial charge in [0.15, 0.2) is 0 Å². The van der Waals surface area contributed by atoms with Gasteiger partial charge in [-0.25, -0.2) is 4.98 Å². The van der Waals surface area contributed by atoms with E-state index in [-0.39, 0.29) is 62.7 Å². The quantitative estimate of drug-likeness (QED) is 0.190. The number of hydrogen-bond donors (Lipinski definition) is 0. The maximum Gasteiger partial charge on any atom is 0.114 e. The molecule has 0 N–H and O–H groups in total. The van der Waals surface area contributed by atoms with Crippen molar-refractivity contribution in [3.8, 4) is 39.1 Å². The van der Waals surface area contributed by atoms with E-state index >= 15 is 0 Å². The number of para-hydroxylation sites is 2. The molecule has 7 aromatic carbocycles. The molecule has 0 spiro atoms. The minimum absolute atomic E-state index is 0.0970. The van der Waals surface area contributed by atoms with Gasteiger partial charge in [0.25, 0.3) is 0 Å². The number of benzene rings is 7. The van der Waals surface area contributed by atoms with E-state index in [1.165, 1.54) is 4.57 Å². The molecule has 0 radical (unpaired) electrons. The largest absolute Gasteiger partial charge is 0.296 e. The lowest BCUT2D eigenvalue weighted by Gasteiger charge is -2.18. The summed E-state index contributed by atoms with van der Waals surface area (Å²) in [5.41, 5.74) is 4.01. The molecule has 0 bridgehead atoms. The van der Waals surface area contributed by atoms with Crippen LogP contribution < -0.4 is 0 Å². The maximum absolute atomic E-state index is 9.21. The summed E-state index contributed by atoms with van der Waals surface area (Å²) in [6, 6.07) is 26.4. The highest BCUT2D eigenvalue weighted by molar-refractivity contribution is 6.21. The zero-order valence-electron chi connectivity index (χ0n) is 35.7. The lowest BCUT2D eigenvalue weighted by molar-refractivity contribution is 0.908. The number of aryl methyl sites for hydroxylation is 1. The lowest BCUT2D eigenvalue weighted by atomic mass is 9.85. The Kier molecular flexibility index (Phi) is 3.67. The van der Waals surface area contributed by atoms with Crippen LogP contribution in [-0.2, 0) is 6.37 Å². The zero-order chi connectivity index (χ0) is 40.0. The monoisotopic (exact) mass is 563 g/mol. The Bertz CT molecular complexity index is 2840. The normalized spacial score (nSPS) is 16.4. The Morgan fingerprint density at radius 3 is 1.86 bits per heavy atom. The first kappa shape index (κ1) is 15.1. The van der Waals surface area contributed by atoms with Gasteiger partial charge in [0.2, 0.25) is 0 Å². The molecule has 1 heterocycles. The summed E-state index contributed by atoms with van der Waals surface area (Å²) in [5, 5.41) is 0.426. The average Bonchev–Trinajstić information content (AvgIpc) is 3.60. The van der Waals surface area contributed by atoms with E-state index in [2.05, 4.69) is 4.98 Å². The number of hydrogen-bond acceptors (Lipinski definition) is 1. The van der Waals surface area contributed by atoms with Crippen molar-refractivity contribution in [2.75, 3.05) is 0 Å². The minimum atomic E-state index is -3.02. The fraction of sp³-hybridized carbons (Fsp3) is 0.0488. The molecule has 0 unspecified atom stereocenters. The average molecular weight is 564 g/mol. The summed E-state index contributed by atoms with van der Waals surface area (Å²) < 4.78 is 114. The fourth-order valence-corrected chi connectivity index (χ4v) is 5.86. The van der Waals surface area contributed by atoms with E-state index in [4.69, 9.17) is 15.1 Å². The Morgan fingerprint density at radius 2 is 1.16 bits per heavy atom. The Balaban J connectivity index is 1.44. The first-order valence-electron chi connectivity index (χ1n) is 20.2. The summed E-state index contributed by atoms with van der Waals surface area (Å²) in [6.07, 6.45) is -2.81. The topological polar surface area (TPSA) is 17.8 Å². The number of aromatic nitrogens is 2. The van der Waals surface area contributed by atoms with Crippen molar-refractivity contribution in [2.24, 2.45) is 0 Å². The van der Waals surface area contributed by atoms with Gasteiger partial charge < -0.3 is 0 Å². The van der Waals surface area contributed by atoms with Crippen LogP contribution in [0.2, 0.25) is 0 Å². The summed E-state index contributed by atoms with van der Waals surface area (Å²) in [5.74, 6) is -0.288. The summed E-state index contributed by atoms with van der Waals surface area (Å²) >= 11 is 0. The van der Waals surface area contributed by atoms with Gasteiger partial charge in [0.05, 0.1) is 22.0 Å². The molecule has 8 rings (SSSR count). The van der Waals surface area contributed by atoms with Crippen molar-refractivity contribution >= 4 is 32.6 Å². The Labute approximate surface area is 269 Å². The predicted octanol–water partition coefficient (Wildman–Crippen LogP) is 10.9. The van der Waals surface area contributed by atoms with E-state index in [1.807, 2.05) is 12.1 Å². The SMILES string of the molecule is [2H]c1c([2H])c([2H])c2c(-c3cccc(-c4cccc(-n5c(C([2H])([2H])C([2H])([2H])[2H])nc6ccccc65)c4)c3)c3c([2H])c([2H])c([2H])c([2H])c3c(-c3ccccc3)c2c1[2H]. The third kappa shape index (κ3) is 4.23. The lowest BCUT2D eigenvalue weighted by Crippen LogP contribution is -2.00. The van der Waals surface area contributed by atoms with E-state index in [9.17, 15) is 2.74 Å². The highest BCUT2D eigenvalue weighted by atomic mass is 15.1. The van der Waals surface area contributed by atoms with E-state index < -0.39 is 37.4 Å². The zero-order valence-corrected chi connectivity index (χ0v) is 22.7. The van der Waals surface area contributed by atoms with Crippen molar-refractivity contribution in [3.05, 3.63) is 157 Å². The van der Waals surface area contributed by atoms with Crippen LogP contribution in [0, 0.1) is 0 Å². The Hall–Kier alpha value is -5.47. The number of fused-ring (bicyclic) bond motifs is 3. The van der Waals surface area contributed by atoms with Gasteiger partial charge in [-0.15, -0.1) is 0 Å². The molecule has 1 aromatic heterocycles. The first-order chi connectivity index (χ1) is 26.5. The third-order valence-corrected chi connectivity index (χ3v) is 7.70. The van der Waals surface area contributed by atoms with Crippen LogP contribution in [0.4, 0.5) is 0 Å².